The first-order valence-corrected chi connectivity index (χ1v) is 7.33. The fraction of sp³-hybridized carbons (Fsp3) is 0.278. The Bertz CT molecular complexity index is 671. The predicted molar refractivity (Wildman–Crippen MR) is 83.8 cm³/mol. The Morgan fingerprint density at radius 2 is 1.77 bits per heavy atom. The number of hydrogen-bond acceptors (Lipinski definition) is 2. The molecule has 114 valence electrons. The topological polar surface area (TPSA) is 29.5 Å². The Morgan fingerprint density at radius 3 is 2.32 bits per heavy atom. The number of β-lactam (4-membered cyclic amide) rings is 1. The second kappa shape index (κ2) is 5.44. The zero-order valence-corrected chi connectivity index (χ0v) is 12.6. The molecule has 4 heteroatoms. The molecule has 0 radical (unpaired) electrons. The van der Waals surface area contributed by atoms with E-state index in [2.05, 4.69) is 0 Å². The van der Waals surface area contributed by atoms with Gasteiger partial charge in [0.1, 0.15) is 11.8 Å². The molecule has 1 aliphatic heterocycles. The molecule has 22 heavy (non-hydrogen) atoms. The van der Waals surface area contributed by atoms with E-state index >= 15 is 4.39 Å². The Balaban J connectivity index is 2.00. The average molecular weight is 299 g/mol. The van der Waals surface area contributed by atoms with Crippen LogP contribution in [0.3, 0.4) is 0 Å². The van der Waals surface area contributed by atoms with Crippen LogP contribution >= 0.6 is 0 Å². The number of benzene rings is 2. The molecule has 0 aromatic heterocycles. The molecule has 0 unspecified atom stereocenters. The minimum Gasteiger partial charge on any atom is -0.497 e. The van der Waals surface area contributed by atoms with Crippen LogP contribution in [0.15, 0.2) is 54.6 Å². The van der Waals surface area contributed by atoms with Crippen LogP contribution in [0.5, 0.6) is 5.75 Å². The van der Waals surface area contributed by atoms with E-state index in [4.69, 9.17) is 4.74 Å². The first-order valence-electron chi connectivity index (χ1n) is 7.33. The maximum Gasteiger partial charge on any atom is 0.267 e. The van der Waals surface area contributed by atoms with Crippen LogP contribution in [0.25, 0.3) is 0 Å². The summed E-state index contributed by atoms with van der Waals surface area (Å²) in [7, 11) is 1.58. The summed E-state index contributed by atoms with van der Waals surface area (Å²) in [6.07, 6.45) is 0.165. The van der Waals surface area contributed by atoms with Gasteiger partial charge >= 0.3 is 0 Å². The monoisotopic (exact) mass is 299 g/mol. The summed E-state index contributed by atoms with van der Waals surface area (Å²) in [5, 5.41) is 0. The van der Waals surface area contributed by atoms with Crippen LogP contribution in [-0.4, -0.2) is 18.7 Å². The lowest BCUT2D eigenvalue weighted by atomic mass is 9.77. The average Bonchev–Trinajstić information content (AvgIpc) is 2.59. The third kappa shape index (κ3) is 2.06. The van der Waals surface area contributed by atoms with Crippen molar-refractivity contribution < 1.29 is 13.9 Å². The smallest absolute Gasteiger partial charge is 0.267 e. The largest absolute Gasteiger partial charge is 0.497 e. The van der Waals surface area contributed by atoms with E-state index < -0.39 is 17.6 Å². The van der Waals surface area contributed by atoms with E-state index in [0.29, 0.717) is 11.4 Å². The predicted octanol–water partition coefficient (Wildman–Crippen LogP) is 3.90. The zero-order chi connectivity index (χ0) is 15.7. The van der Waals surface area contributed by atoms with Crippen LogP contribution in [0.4, 0.5) is 10.1 Å². The second-order valence-electron chi connectivity index (χ2n) is 5.40. The van der Waals surface area contributed by atoms with Gasteiger partial charge in [0.2, 0.25) is 5.67 Å². The molecule has 3 rings (SSSR count). The summed E-state index contributed by atoms with van der Waals surface area (Å²) >= 11 is 0. The lowest BCUT2D eigenvalue weighted by Crippen LogP contribution is -2.66. The highest BCUT2D eigenvalue weighted by Gasteiger charge is 2.61. The number of carbonyl (C=O) groups excluding carboxylic acids is 1. The highest BCUT2D eigenvalue weighted by atomic mass is 19.1. The van der Waals surface area contributed by atoms with Crippen molar-refractivity contribution in [3.05, 3.63) is 60.2 Å². The highest BCUT2D eigenvalue weighted by Crippen LogP contribution is 2.50. The first kappa shape index (κ1) is 14.6. The highest BCUT2D eigenvalue weighted by molar-refractivity contribution is 6.08. The molecule has 2 atom stereocenters. The molecule has 0 aliphatic carbocycles. The molecule has 0 bridgehead atoms. The Labute approximate surface area is 129 Å². The van der Waals surface area contributed by atoms with Gasteiger partial charge < -0.3 is 4.74 Å². The van der Waals surface area contributed by atoms with Crippen molar-refractivity contribution in [2.24, 2.45) is 0 Å². The molecule has 1 heterocycles. The van der Waals surface area contributed by atoms with Crippen molar-refractivity contribution in [3.63, 3.8) is 0 Å². The second-order valence-corrected chi connectivity index (χ2v) is 5.40. The molecular weight excluding hydrogens is 281 g/mol. The molecule has 1 amide bonds. The van der Waals surface area contributed by atoms with Crippen LogP contribution in [0.1, 0.15) is 24.9 Å². The van der Waals surface area contributed by atoms with E-state index in [9.17, 15) is 4.79 Å². The number of nitrogens with zero attached hydrogens (tertiary/aromatic N) is 1. The quantitative estimate of drug-likeness (QED) is 0.801. The van der Waals surface area contributed by atoms with Gasteiger partial charge in [0.15, 0.2) is 0 Å². The lowest BCUT2D eigenvalue weighted by molar-refractivity contribution is -0.143. The summed E-state index contributed by atoms with van der Waals surface area (Å²) in [4.78, 5) is 13.9. The summed E-state index contributed by atoms with van der Waals surface area (Å²) in [6.45, 7) is 1.71. The van der Waals surface area contributed by atoms with Gasteiger partial charge in [-0.25, -0.2) is 4.39 Å². The van der Waals surface area contributed by atoms with Crippen molar-refractivity contribution >= 4 is 11.6 Å². The Hall–Kier alpha value is -2.36. The van der Waals surface area contributed by atoms with Gasteiger partial charge in [-0.2, -0.15) is 0 Å². The lowest BCUT2D eigenvalue weighted by Gasteiger charge is -2.51. The van der Waals surface area contributed by atoms with Crippen molar-refractivity contribution in [3.8, 4) is 5.75 Å². The number of amides is 1. The van der Waals surface area contributed by atoms with Crippen molar-refractivity contribution in [1.29, 1.82) is 0 Å². The molecular formula is C18H18FNO2. The van der Waals surface area contributed by atoms with Crippen LogP contribution in [-0.2, 0) is 4.79 Å². The summed E-state index contributed by atoms with van der Waals surface area (Å²) in [5.74, 6) is 0.226. The number of ether oxygens (including phenoxy) is 1. The van der Waals surface area contributed by atoms with Gasteiger partial charge in [-0.05, 0) is 36.2 Å². The number of hydrogen-bond donors (Lipinski definition) is 0. The Kier molecular flexibility index (Phi) is 3.61. The van der Waals surface area contributed by atoms with E-state index in [1.54, 1.807) is 38.3 Å². The van der Waals surface area contributed by atoms with Gasteiger partial charge in [0.05, 0.1) is 7.11 Å². The van der Waals surface area contributed by atoms with Gasteiger partial charge in [-0.15, -0.1) is 0 Å². The third-order valence-electron chi connectivity index (χ3n) is 4.25. The fourth-order valence-corrected chi connectivity index (χ4v) is 2.98. The van der Waals surface area contributed by atoms with Gasteiger partial charge in [0.25, 0.3) is 5.91 Å². The maximum absolute atomic E-state index is 15.0. The minimum absolute atomic E-state index is 0.165. The SMILES string of the molecule is CC[C@]1(F)C(=O)N(c2ccc(OC)cc2)[C@H]1c1ccccc1. The van der Waals surface area contributed by atoms with E-state index in [0.717, 1.165) is 5.56 Å². The van der Waals surface area contributed by atoms with Crippen LogP contribution in [0.2, 0.25) is 0 Å². The number of rotatable bonds is 4. The van der Waals surface area contributed by atoms with Gasteiger partial charge in [0, 0.05) is 5.69 Å². The van der Waals surface area contributed by atoms with Crippen molar-refractivity contribution in [2.75, 3.05) is 12.0 Å². The van der Waals surface area contributed by atoms with Crippen molar-refractivity contribution in [2.45, 2.75) is 25.1 Å². The first-order chi connectivity index (χ1) is 10.6. The molecule has 2 aromatic carbocycles. The standard InChI is InChI=1S/C18H18FNO2/c1-3-18(19)16(13-7-5-4-6-8-13)20(17(18)21)14-9-11-15(22-2)12-10-14/h4-12,16H,3H2,1-2H3/t16-,18+/m0/s1. The maximum atomic E-state index is 15.0. The molecule has 3 nitrogen and oxygen atoms in total. The van der Waals surface area contributed by atoms with Gasteiger partial charge in [-0.3, -0.25) is 9.69 Å². The van der Waals surface area contributed by atoms with E-state index in [1.807, 2.05) is 30.3 Å². The van der Waals surface area contributed by atoms with E-state index in [-0.39, 0.29) is 6.42 Å². The summed E-state index contributed by atoms with van der Waals surface area (Å²) in [6, 6.07) is 15.8. The molecule has 0 saturated carbocycles. The number of alkyl halides is 1. The minimum atomic E-state index is -1.83. The number of methoxy groups -OCH3 is 1. The van der Waals surface area contributed by atoms with Crippen LogP contribution < -0.4 is 9.64 Å². The number of halogens is 1. The molecule has 1 aliphatic rings. The van der Waals surface area contributed by atoms with E-state index in [1.165, 1.54) is 4.90 Å². The molecule has 2 aromatic rings. The zero-order valence-electron chi connectivity index (χ0n) is 12.6. The van der Waals surface area contributed by atoms with Gasteiger partial charge in [-0.1, -0.05) is 37.3 Å². The molecule has 0 spiro atoms. The number of anilines is 1. The van der Waals surface area contributed by atoms with Crippen molar-refractivity contribution in [1.82, 2.24) is 0 Å². The molecule has 1 saturated heterocycles. The normalized spacial score (nSPS) is 24.0. The third-order valence-corrected chi connectivity index (χ3v) is 4.25. The molecule has 0 N–H and O–H groups in total. The number of carbonyl (C=O) groups is 1. The Morgan fingerprint density at radius 1 is 1.14 bits per heavy atom. The molecule has 1 fully saturated rings. The summed E-state index contributed by atoms with van der Waals surface area (Å²) in [5.41, 5.74) is -0.343. The fourth-order valence-electron chi connectivity index (χ4n) is 2.98. The summed E-state index contributed by atoms with van der Waals surface area (Å²) < 4.78 is 20.2. The van der Waals surface area contributed by atoms with Crippen LogP contribution in [0, 0.1) is 0 Å².